The van der Waals surface area contributed by atoms with E-state index in [0.717, 1.165) is 24.3 Å². The molecule has 0 N–H and O–H groups in total. The normalized spacial score (nSPS) is 28.7. The number of hydrogen-bond acceptors (Lipinski definition) is 2. The van der Waals surface area contributed by atoms with E-state index in [4.69, 9.17) is 4.74 Å². The lowest BCUT2D eigenvalue weighted by molar-refractivity contribution is -0.150. The van der Waals surface area contributed by atoms with Crippen molar-refractivity contribution < 1.29 is 13.9 Å². The van der Waals surface area contributed by atoms with Gasteiger partial charge in [-0.25, -0.2) is 0 Å². The van der Waals surface area contributed by atoms with Crippen LogP contribution in [0.15, 0.2) is 24.3 Å². The fraction of sp³-hybridized carbons (Fsp3) is 0.696. The van der Waals surface area contributed by atoms with Gasteiger partial charge in [-0.2, -0.15) is 0 Å². The van der Waals surface area contributed by atoms with E-state index < -0.39 is 15.5 Å². The zero-order chi connectivity index (χ0) is 19.1. The molecule has 27 heavy (non-hydrogen) atoms. The molecule has 0 unspecified atom stereocenters. The van der Waals surface area contributed by atoms with Crippen molar-refractivity contribution in [2.24, 2.45) is 0 Å². The van der Waals surface area contributed by atoms with Crippen LogP contribution in [0.2, 0.25) is 17.6 Å². The molecular formula is C23H35FO2Si. The predicted molar refractivity (Wildman–Crippen MR) is 112 cm³/mol. The molecule has 1 aromatic carbocycles. The lowest BCUT2D eigenvalue weighted by Gasteiger charge is -2.37. The molecule has 1 saturated heterocycles. The van der Waals surface area contributed by atoms with Gasteiger partial charge < -0.3 is 4.74 Å². The van der Waals surface area contributed by atoms with Gasteiger partial charge >= 0.3 is 5.97 Å². The molecular weight excluding hydrogens is 355 g/mol. The van der Waals surface area contributed by atoms with E-state index in [0.29, 0.717) is 0 Å². The highest BCUT2D eigenvalue weighted by molar-refractivity contribution is 6.60. The van der Waals surface area contributed by atoms with Crippen LogP contribution < -0.4 is 0 Å². The van der Waals surface area contributed by atoms with E-state index in [1.807, 2.05) is 0 Å². The van der Waals surface area contributed by atoms with Crippen LogP contribution in [0.5, 0.6) is 0 Å². The van der Waals surface area contributed by atoms with E-state index in [9.17, 15) is 9.18 Å². The van der Waals surface area contributed by atoms with Crippen LogP contribution >= 0.6 is 0 Å². The zero-order valence-corrected chi connectivity index (χ0v) is 18.0. The Hall–Kier alpha value is -1.16. The highest BCUT2D eigenvalue weighted by Gasteiger charge is 2.33. The van der Waals surface area contributed by atoms with Crippen LogP contribution in [0.4, 0.5) is 4.39 Å². The minimum Gasteiger partial charge on any atom is -0.462 e. The molecule has 1 aliphatic heterocycles. The predicted octanol–water partition coefficient (Wildman–Crippen LogP) is 5.96. The lowest BCUT2D eigenvalue weighted by Crippen LogP contribution is -2.31. The number of hydrogen-bond donors (Lipinski definition) is 0. The molecule has 0 atom stereocenters. The Morgan fingerprint density at radius 3 is 2.33 bits per heavy atom. The van der Waals surface area contributed by atoms with E-state index in [1.54, 1.807) is 5.56 Å². The van der Waals surface area contributed by atoms with Crippen molar-refractivity contribution in [2.45, 2.75) is 94.4 Å². The van der Waals surface area contributed by atoms with Crippen molar-refractivity contribution >= 4 is 14.8 Å². The highest BCUT2D eigenvalue weighted by Crippen LogP contribution is 2.42. The van der Waals surface area contributed by atoms with E-state index in [-0.39, 0.29) is 18.5 Å². The van der Waals surface area contributed by atoms with Crippen molar-refractivity contribution in [1.82, 2.24) is 0 Å². The second kappa shape index (κ2) is 10.4. The summed E-state index contributed by atoms with van der Waals surface area (Å²) in [7, 11) is -0.667. The number of aryl methyl sites for hydroxylation is 1. The maximum Gasteiger partial charge on any atom is 0.308 e. The van der Waals surface area contributed by atoms with Crippen molar-refractivity contribution in [3.8, 4) is 0 Å². The summed E-state index contributed by atoms with van der Waals surface area (Å²) >= 11 is 0. The summed E-state index contributed by atoms with van der Waals surface area (Å²) in [5.74, 6) is 0.408. The lowest BCUT2D eigenvalue weighted by atomic mass is 9.92. The summed E-state index contributed by atoms with van der Waals surface area (Å²) in [5.41, 5.74) is 3.94. The van der Waals surface area contributed by atoms with Crippen molar-refractivity contribution in [3.05, 3.63) is 35.4 Å². The van der Waals surface area contributed by atoms with Crippen molar-refractivity contribution in [1.29, 1.82) is 0 Å². The second-order valence-corrected chi connectivity index (χ2v) is 12.2. The molecule has 2 fully saturated rings. The SMILES string of the molecule is CCCc1ccc(C2CC[SiH](C3CCC(OC(=O)CCF)CC3)CC2)cc1. The topological polar surface area (TPSA) is 26.3 Å². The van der Waals surface area contributed by atoms with Gasteiger partial charge in [0.25, 0.3) is 0 Å². The largest absolute Gasteiger partial charge is 0.462 e. The van der Waals surface area contributed by atoms with Gasteiger partial charge in [0.1, 0.15) is 6.10 Å². The highest BCUT2D eigenvalue weighted by atomic mass is 28.3. The van der Waals surface area contributed by atoms with Gasteiger partial charge in [-0.05, 0) is 67.5 Å². The monoisotopic (exact) mass is 390 g/mol. The first kappa shape index (κ1) is 20.6. The molecule has 150 valence electrons. The maximum atomic E-state index is 12.2. The van der Waals surface area contributed by atoms with Gasteiger partial charge in [-0.15, -0.1) is 0 Å². The summed E-state index contributed by atoms with van der Waals surface area (Å²) in [6.45, 7) is 1.63. The van der Waals surface area contributed by atoms with Crippen molar-refractivity contribution in [3.63, 3.8) is 0 Å². The van der Waals surface area contributed by atoms with E-state index in [2.05, 4.69) is 31.2 Å². The van der Waals surface area contributed by atoms with Crippen LogP contribution in [-0.4, -0.2) is 27.5 Å². The number of benzene rings is 1. The molecule has 2 nitrogen and oxygen atoms in total. The summed E-state index contributed by atoms with van der Waals surface area (Å²) in [6, 6.07) is 12.3. The average molecular weight is 391 g/mol. The van der Waals surface area contributed by atoms with Gasteiger partial charge in [0.05, 0.1) is 13.1 Å². The third-order valence-electron chi connectivity index (χ3n) is 6.74. The molecule has 0 radical (unpaired) electrons. The first-order valence-corrected chi connectivity index (χ1v) is 13.3. The molecule has 0 amide bonds. The second-order valence-electron chi connectivity index (χ2n) is 8.57. The molecule has 1 aromatic rings. The van der Waals surface area contributed by atoms with Crippen LogP contribution in [-0.2, 0) is 16.0 Å². The van der Waals surface area contributed by atoms with E-state index >= 15 is 0 Å². The van der Waals surface area contributed by atoms with Gasteiger partial charge in [0, 0.05) is 8.80 Å². The van der Waals surface area contributed by atoms with Gasteiger partial charge in [0.2, 0.25) is 0 Å². The minimum atomic E-state index is -0.667. The first-order valence-electron chi connectivity index (χ1n) is 11.0. The molecule has 1 heterocycles. The number of esters is 1. The summed E-state index contributed by atoms with van der Waals surface area (Å²) < 4.78 is 17.6. The molecule has 0 aromatic heterocycles. The Bertz CT molecular complexity index is 573. The molecule has 0 spiro atoms. The quantitative estimate of drug-likeness (QED) is 0.424. The number of halogens is 1. The third kappa shape index (κ3) is 5.90. The number of alkyl halides is 1. The average Bonchev–Trinajstić information content (AvgIpc) is 2.70. The summed E-state index contributed by atoms with van der Waals surface area (Å²) in [6.07, 6.45) is 9.54. The maximum absolute atomic E-state index is 12.2. The number of carbonyl (C=O) groups is 1. The van der Waals surface area contributed by atoms with E-state index in [1.165, 1.54) is 56.2 Å². The molecule has 1 aliphatic carbocycles. The Labute approximate surface area is 165 Å². The molecule has 3 rings (SSSR count). The standard InChI is InChI=1S/C23H35FO2Si/c1-2-3-18-4-6-19(7-5-18)20-13-16-27(17-14-20)22-10-8-21(9-11-22)26-23(25)12-15-24/h4-7,20-22,27H,2-3,8-17H2,1H3. The molecule has 4 heteroatoms. The summed E-state index contributed by atoms with van der Waals surface area (Å²) in [4.78, 5) is 11.5. The third-order valence-corrected chi connectivity index (χ3v) is 10.9. The van der Waals surface area contributed by atoms with Gasteiger partial charge in [0.15, 0.2) is 0 Å². The number of ether oxygens (including phenoxy) is 1. The first-order chi connectivity index (χ1) is 13.2. The molecule has 2 aliphatic rings. The fourth-order valence-corrected chi connectivity index (χ4v) is 9.39. The molecule has 1 saturated carbocycles. The smallest absolute Gasteiger partial charge is 0.308 e. The minimum absolute atomic E-state index is 0.0484. The summed E-state index contributed by atoms with van der Waals surface area (Å²) in [5, 5.41) is 0. The Morgan fingerprint density at radius 2 is 1.74 bits per heavy atom. The van der Waals surface area contributed by atoms with Crippen LogP contribution in [0, 0.1) is 0 Å². The zero-order valence-electron chi connectivity index (χ0n) is 16.8. The Kier molecular flexibility index (Phi) is 7.92. The Balaban J connectivity index is 1.41. The van der Waals surface area contributed by atoms with Gasteiger partial charge in [-0.3, -0.25) is 9.18 Å². The Morgan fingerprint density at radius 1 is 1.07 bits per heavy atom. The van der Waals surface area contributed by atoms with Crippen LogP contribution in [0.3, 0.4) is 0 Å². The number of carbonyl (C=O) groups excluding carboxylic acids is 1. The van der Waals surface area contributed by atoms with Crippen molar-refractivity contribution in [2.75, 3.05) is 6.67 Å². The van der Waals surface area contributed by atoms with Gasteiger partial charge in [-0.1, -0.05) is 49.7 Å². The van der Waals surface area contributed by atoms with Crippen LogP contribution in [0.1, 0.15) is 75.3 Å². The number of rotatable bonds is 7. The van der Waals surface area contributed by atoms with Crippen LogP contribution in [0.25, 0.3) is 0 Å². The fourth-order valence-electron chi connectivity index (χ4n) is 5.17. The molecule has 0 bridgehead atoms.